The molecule has 0 bridgehead atoms. The van der Waals surface area contributed by atoms with E-state index in [0.717, 1.165) is 4.88 Å². The maximum atomic E-state index is 12.7. The molecular formula is C16H18N2O2S. The maximum absolute atomic E-state index is 12.7. The summed E-state index contributed by atoms with van der Waals surface area (Å²) in [6.45, 7) is 7.12. The third-order valence-electron chi connectivity index (χ3n) is 2.85. The molecule has 0 aromatic carbocycles. The number of aromatic nitrogens is 1. The number of hydrogen-bond acceptors (Lipinski definition) is 4. The molecule has 2 rings (SSSR count). The molecule has 0 aliphatic rings. The summed E-state index contributed by atoms with van der Waals surface area (Å²) in [7, 11) is 0. The number of amides is 1. The number of thiophene rings is 1. The van der Waals surface area contributed by atoms with Gasteiger partial charge in [0.2, 0.25) is 5.88 Å². The predicted molar refractivity (Wildman–Crippen MR) is 84.7 cm³/mol. The Labute approximate surface area is 128 Å². The van der Waals surface area contributed by atoms with Crippen LogP contribution in [0, 0.1) is 0 Å². The van der Waals surface area contributed by atoms with Gasteiger partial charge in [-0.2, -0.15) is 0 Å². The minimum atomic E-state index is -0.0974. The van der Waals surface area contributed by atoms with Crippen molar-refractivity contribution >= 4 is 17.2 Å². The van der Waals surface area contributed by atoms with E-state index in [1.807, 2.05) is 24.4 Å². The molecule has 0 unspecified atom stereocenters. The van der Waals surface area contributed by atoms with E-state index in [9.17, 15) is 4.79 Å². The van der Waals surface area contributed by atoms with Crippen LogP contribution >= 0.6 is 11.3 Å². The number of carbonyl (C=O) groups excluding carboxylic acids is 1. The third kappa shape index (κ3) is 3.92. The zero-order chi connectivity index (χ0) is 15.1. The number of hydrogen-bond donors (Lipinski definition) is 0. The van der Waals surface area contributed by atoms with Crippen LogP contribution < -0.4 is 4.74 Å². The van der Waals surface area contributed by atoms with Gasteiger partial charge in [-0.25, -0.2) is 4.98 Å². The molecular weight excluding hydrogens is 284 g/mol. The molecule has 0 saturated heterocycles. The van der Waals surface area contributed by atoms with Gasteiger partial charge in [0, 0.05) is 17.6 Å². The molecule has 0 N–H and O–H groups in total. The van der Waals surface area contributed by atoms with Gasteiger partial charge in [-0.3, -0.25) is 4.79 Å². The zero-order valence-electron chi connectivity index (χ0n) is 12.0. The molecule has 110 valence electrons. The SMILES string of the molecule is C=CCN(Cc1cccs1)C(=O)c1cccnc1OCC. The van der Waals surface area contributed by atoms with Crippen LogP contribution in [-0.2, 0) is 6.54 Å². The van der Waals surface area contributed by atoms with E-state index in [2.05, 4.69) is 11.6 Å². The molecule has 0 spiro atoms. The van der Waals surface area contributed by atoms with E-state index in [1.54, 1.807) is 40.6 Å². The normalized spacial score (nSPS) is 10.1. The van der Waals surface area contributed by atoms with Gasteiger partial charge >= 0.3 is 0 Å². The highest BCUT2D eigenvalue weighted by molar-refractivity contribution is 7.09. The maximum Gasteiger partial charge on any atom is 0.259 e. The lowest BCUT2D eigenvalue weighted by Crippen LogP contribution is -2.31. The molecule has 21 heavy (non-hydrogen) atoms. The fourth-order valence-corrected chi connectivity index (χ4v) is 2.66. The Morgan fingerprint density at radius 3 is 3.00 bits per heavy atom. The molecule has 4 nitrogen and oxygen atoms in total. The molecule has 0 fully saturated rings. The lowest BCUT2D eigenvalue weighted by molar-refractivity contribution is 0.0759. The van der Waals surface area contributed by atoms with E-state index < -0.39 is 0 Å². The van der Waals surface area contributed by atoms with Gasteiger partial charge in [-0.05, 0) is 30.5 Å². The van der Waals surface area contributed by atoms with E-state index in [0.29, 0.717) is 31.1 Å². The Hall–Kier alpha value is -2.14. The third-order valence-corrected chi connectivity index (χ3v) is 3.71. The molecule has 0 atom stereocenters. The topological polar surface area (TPSA) is 42.4 Å². The minimum absolute atomic E-state index is 0.0974. The number of nitrogens with zero attached hydrogens (tertiary/aromatic N) is 2. The fraction of sp³-hybridized carbons (Fsp3) is 0.250. The minimum Gasteiger partial charge on any atom is -0.477 e. The van der Waals surface area contributed by atoms with Gasteiger partial charge < -0.3 is 9.64 Å². The zero-order valence-corrected chi connectivity index (χ0v) is 12.8. The lowest BCUT2D eigenvalue weighted by atomic mass is 10.2. The standard InChI is InChI=1S/C16H18N2O2S/c1-3-10-18(12-13-7-6-11-21-13)16(19)14-8-5-9-17-15(14)20-4-2/h3,5-9,11H,1,4,10,12H2,2H3. The van der Waals surface area contributed by atoms with Crippen molar-refractivity contribution in [3.05, 3.63) is 58.9 Å². The van der Waals surface area contributed by atoms with Crippen molar-refractivity contribution < 1.29 is 9.53 Å². The first-order chi connectivity index (χ1) is 10.3. The first-order valence-corrected chi connectivity index (χ1v) is 7.64. The lowest BCUT2D eigenvalue weighted by Gasteiger charge is -2.21. The van der Waals surface area contributed by atoms with Crippen LogP contribution in [0.15, 0.2) is 48.5 Å². The highest BCUT2D eigenvalue weighted by Crippen LogP contribution is 2.19. The summed E-state index contributed by atoms with van der Waals surface area (Å²) in [5.41, 5.74) is 0.484. The van der Waals surface area contributed by atoms with E-state index in [1.165, 1.54) is 0 Å². The number of carbonyl (C=O) groups is 1. The summed E-state index contributed by atoms with van der Waals surface area (Å²) >= 11 is 1.63. The highest BCUT2D eigenvalue weighted by atomic mass is 32.1. The molecule has 0 radical (unpaired) electrons. The van der Waals surface area contributed by atoms with Crippen LogP contribution in [0.2, 0.25) is 0 Å². The van der Waals surface area contributed by atoms with Crippen LogP contribution in [0.1, 0.15) is 22.2 Å². The Bertz CT molecular complexity index is 596. The Kier molecular flexibility index (Phi) is 5.51. The van der Waals surface area contributed by atoms with Gasteiger partial charge in [-0.15, -0.1) is 17.9 Å². The van der Waals surface area contributed by atoms with Gasteiger partial charge in [0.1, 0.15) is 5.56 Å². The van der Waals surface area contributed by atoms with Crippen molar-refractivity contribution in [1.29, 1.82) is 0 Å². The first-order valence-electron chi connectivity index (χ1n) is 6.76. The number of rotatable bonds is 7. The summed E-state index contributed by atoms with van der Waals surface area (Å²) in [5.74, 6) is 0.282. The quantitative estimate of drug-likeness (QED) is 0.736. The molecule has 0 aliphatic heterocycles. The van der Waals surface area contributed by atoms with Gasteiger partial charge in [0.25, 0.3) is 5.91 Å². The second-order valence-corrected chi connectivity index (χ2v) is 5.38. The fourth-order valence-electron chi connectivity index (χ4n) is 1.94. The van der Waals surface area contributed by atoms with Crippen LogP contribution in [0.4, 0.5) is 0 Å². The van der Waals surface area contributed by atoms with Gasteiger partial charge in [0.05, 0.1) is 13.2 Å². The van der Waals surface area contributed by atoms with Crippen molar-refractivity contribution in [3.8, 4) is 5.88 Å². The summed E-state index contributed by atoms with van der Waals surface area (Å²) in [5, 5.41) is 2.00. The smallest absolute Gasteiger partial charge is 0.259 e. The average molecular weight is 302 g/mol. The summed E-state index contributed by atoms with van der Waals surface area (Å²) in [4.78, 5) is 19.7. The van der Waals surface area contributed by atoms with Crippen LogP contribution in [0.25, 0.3) is 0 Å². The van der Waals surface area contributed by atoms with Crippen LogP contribution in [0.3, 0.4) is 0 Å². The van der Waals surface area contributed by atoms with Crippen molar-refractivity contribution in [2.24, 2.45) is 0 Å². The van der Waals surface area contributed by atoms with Crippen LogP contribution in [-0.4, -0.2) is 28.9 Å². The predicted octanol–water partition coefficient (Wildman–Crippen LogP) is 3.37. The van der Waals surface area contributed by atoms with E-state index in [4.69, 9.17) is 4.74 Å². The molecule has 2 heterocycles. The number of pyridine rings is 1. The summed E-state index contributed by atoms with van der Waals surface area (Å²) < 4.78 is 5.44. The molecule has 2 aromatic rings. The van der Waals surface area contributed by atoms with E-state index in [-0.39, 0.29) is 5.91 Å². The summed E-state index contributed by atoms with van der Waals surface area (Å²) in [6, 6.07) is 7.48. The average Bonchev–Trinajstić information content (AvgIpc) is 3.00. The second kappa shape index (κ2) is 7.59. The van der Waals surface area contributed by atoms with Crippen molar-refractivity contribution in [2.75, 3.05) is 13.2 Å². The molecule has 2 aromatic heterocycles. The Balaban J connectivity index is 2.23. The molecule has 5 heteroatoms. The highest BCUT2D eigenvalue weighted by Gasteiger charge is 2.20. The van der Waals surface area contributed by atoms with Crippen molar-refractivity contribution in [2.45, 2.75) is 13.5 Å². The molecule has 1 amide bonds. The second-order valence-electron chi connectivity index (χ2n) is 4.34. The Morgan fingerprint density at radius 2 is 2.33 bits per heavy atom. The Morgan fingerprint density at radius 1 is 1.48 bits per heavy atom. The van der Waals surface area contributed by atoms with Crippen molar-refractivity contribution in [1.82, 2.24) is 9.88 Å². The largest absolute Gasteiger partial charge is 0.477 e. The monoisotopic (exact) mass is 302 g/mol. The molecule has 0 saturated carbocycles. The van der Waals surface area contributed by atoms with E-state index >= 15 is 0 Å². The van der Waals surface area contributed by atoms with Crippen molar-refractivity contribution in [3.63, 3.8) is 0 Å². The van der Waals surface area contributed by atoms with Gasteiger partial charge in [0.15, 0.2) is 0 Å². The van der Waals surface area contributed by atoms with Crippen LogP contribution in [0.5, 0.6) is 5.88 Å². The first kappa shape index (κ1) is 15.3. The summed E-state index contributed by atoms with van der Waals surface area (Å²) in [6.07, 6.45) is 3.35. The number of ether oxygens (including phenoxy) is 1. The van der Waals surface area contributed by atoms with Gasteiger partial charge in [-0.1, -0.05) is 12.1 Å². The molecule has 0 aliphatic carbocycles.